The quantitative estimate of drug-likeness (QED) is 0.243. The minimum Gasteiger partial charge on any atom is -0.478 e. The molecule has 2 aromatic rings. The van der Waals surface area contributed by atoms with E-state index < -0.39 is 11.6 Å². The first-order chi connectivity index (χ1) is 16.7. The third kappa shape index (κ3) is 10.3. The number of carboxylic acid groups (broad SMARTS) is 1. The Hall–Kier alpha value is -2.53. The molecule has 0 saturated heterocycles. The van der Waals surface area contributed by atoms with E-state index in [1.54, 1.807) is 36.4 Å². The molecule has 192 valence electrons. The standard InChI is InChI=1S/C29H40ClNO4/c1-4-5-6-7-8-9-10-11-21-31(27(32)24-14-16-25(30)17-15-24)22-20-23-12-18-26(19-13-23)35-29(2,3)28(33)34/h12-19H,4-11,20-22H2,1-3H3,(H,33,34). The molecule has 0 spiro atoms. The van der Waals surface area contributed by atoms with Crippen LogP contribution in [0.25, 0.3) is 0 Å². The van der Waals surface area contributed by atoms with Gasteiger partial charge in [0.1, 0.15) is 5.75 Å². The van der Waals surface area contributed by atoms with Crippen molar-refractivity contribution in [1.29, 1.82) is 0 Å². The van der Waals surface area contributed by atoms with Gasteiger partial charge in [-0.1, -0.05) is 75.6 Å². The summed E-state index contributed by atoms with van der Waals surface area (Å²) in [5.41, 5.74) is 0.420. The van der Waals surface area contributed by atoms with E-state index >= 15 is 0 Å². The predicted octanol–water partition coefficient (Wildman–Crippen LogP) is 7.41. The number of amides is 1. The zero-order valence-electron chi connectivity index (χ0n) is 21.4. The van der Waals surface area contributed by atoms with Crippen LogP contribution in [0.5, 0.6) is 5.75 Å². The van der Waals surface area contributed by atoms with Crippen molar-refractivity contribution in [2.24, 2.45) is 0 Å². The van der Waals surface area contributed by atoms with E-state index in [2.05, 4.69) is 6.92 Å². The number of hydrogen-bond acceptors (Lipinski definition) is 3. The lowest BCUT2D eigenvalue weighted by Crippen LogP contribution is -2.37. The van der Waals surface area contributed by atoms with Crippen LogP contribution in [0.4, 0.5) is 0 Å². The first-order valence-electron chi connectivity index (χ1n) is 12.8. The van der Waals surface area contributed by atoms with Gasteiger partial charge in [-0.3, -0.25) is 4.79 Å². The summed E-state index contributed by atoms with van der Waals surface area (Å²) in [6.07, 6.45) is 10.5. The van der Waals surface area contributed by atoms with E-state index in [0.29, 0.717) is 29.3 Å². The molecule has 0 atom stereocenters. The monoisotopic (exact) mass is 501 g/mol. The maximum absolute atomic E-state index is 13.2. The molecule has 0 fully saturated rings. The fraction of sp³-hybridized carbons (Fsp3) is 0.517. The summed E-state index contributed by atoms with van der Waals surface area (Å²) >= 11 is 6.00. The number of aliphatic carboxylic acids is 1. The van der Waals surface area contributed by atoms with Crippen LogP contribution in [0.1, 0.15) is 88.1 Å². The number of carbonyl (C=O) groups excluding carboxylic acids is 1. The fourth-order valence-corrected chi connectivity index (χ4v) is 3.98. The molecule has 0 aliphatic heterocycles. The topological polar surface area (TPSA) is 66.8 Å². The second-order valence-electron chi connectivity index (χ2n) is 9.59. The summed E-state index contributed by atoms with van der Waals surface area (Å²) in [6, 6.07) is 14.5. The van der Waals surface area contributed by atoms with Crippen LogP contribution in [0, 0.1) is 0 Å². The molecular formula is C29H40ClNO4. The molecule has 1 amide bonds. The second-order valence-corrected chi connectivity index (χ2v) is 10.0. The molecule has 0 heterocycles. The number of unbranched alkanes of at least 4 members (excludes halogenated alkanes) is 7. The van der Waals surface area contributed by atoms with Crippen molar-refractivity contribution in [3.63, 3.8) is 0 Å². The number of carboxylic acids is 1. The van der Waals surface area contributed by atoms with Crippen molar-refractivity contribution in [3.8, 4) is 5.75 Å². The molecule has 0 bridgehead atoms. The van der Waals surface area contributed by atoms with Crippen molar-refractivity contribution in [3.05, 3.63) is 64.7 Å². The van der Waals surface area contributed by atoms with Crippen molar-refractivity contribution in [2.45, 2.75) is 84.2 Å². The Balaban J connectivity index is 1.94. The highest BCUT2D eigenvalue weighted by Crippen LogP contribution is 2.20. The van der Waals surface area contributed by atoms with E-state index in [1.807, 2.05) is 17.0 Å². The van der Waals surface area contributed by atoms with Gasteiger partial charge in [0, 0.05) is 23.7 Å². The number of halogens is 1. The van der Waals surface area contributed by atoms with Crippen LogP contribution in [0.2, 0.25) is 5.02 Å². The molecule has 2 rings (SSSR count). The van der Waals surface area contributed by atoms with Gasteiger partial charge in [-0.25, -0.2) is 4.79 Å². The average molecular weight is 502 g/mol. The Labute approximate surface area is 215 Å². The van der Waals surface area contributed by atoms with E-state index in [0.717, 1.165) is 24.9 Å². The minimum absolute atomic E-state index is 0.0211. The van der Waals surface area contributed by atoms with Crippen molar-refractivity contribution >= 4 is 23.5 Å². The lowest BCUT2D eigenvalue weighted by atomic mass is 10.1. The van der Waals surface area contributed by atoms with Crippen LogP contribution >= 0.6 is 11.6 Å². The van der Waals surface area contributed by atoms with Gasteiger partial charge in [-0.05, 0) is 68.7 Å². The van der Waals surface area contributed by atoms with Gasteiger partial charge in [0.05, 0.1) is 0 Å². The highest BCUT2D eigenvalue weighted by atomic mass is 35.5. The lowest BCUT2D eigenvalue weighted by molar-refractivity contribution is -0.152. The lowest BCUT2D eigenvalue weighted by Gasteiger charge is -2.24. The number of carbonyl (C=O) groups is 2. The molecule has 0 unspecified atom stereocenters. The molecule has 0 aliphatic carbocycles. The average Bonchev–Trinajstić information content (AvgIpc) is 2.83. The number of ether oxygens (including phenoxy) is 1. The maximum atomic E-state index is 13.2. The fourth-order valence-electron chi connectivity index (χ4n) is 3.85. The van der Waals surface area contributed by atoms with Gasteiger partial charge in [0.15, 0.2) is 5.60 Å². The second kappa shape index (κ2) is 14.8. The van der Waals surface area contributed by atoms with Gasteiger partial charge in [-0.15, -0.1) is 0 Å². The summed E-state index contributed by atoms with van der Waals surface area (Å²) in [4.78, 5) is 26.4. The van der Waals surface area contributed by atoms with Crippen LogP contribution in [0.15, 0.2) is 48.5 Å². The van der Waals surface area contributed by atoms with Crippen LogP contribution < -0.4 is 4.74 Å². The number of benzene rings is 2. The van der Waals surface area contributed by atoms with Gasteiger partial charge < -0.3 is 14.7 Å². The zero-order chi connectivity index (χ0) is 25.7. The molecule has 35 heavy (non-hydrogen) atoms. The molecule has 0 aromatic heterocycles. The highest BCUT2D eigenvalue weighted by Gasteiger charge is 2.29. The van der Waals surface area contributed by atoms with Crippen LogP contribution in [-0.4, -0.2) is 40.6 Å². The van der Waals surface area contributed by atoms with Gasteiger partial charge in [0.25, 0.3) is 5.91 Å². The van der Waals surface area contributed by atoms with Crippen molar-refractivity contribution in [1.82, 2.24) is 4.90 Å². The Kier molecular flexibility index (Phi) is 12.1. The number of hydrogen-bond donors (Lipinski definition) is 1. The summed E-state index contributed by atoms with van der Waals surface area (Å²) in [5, 5.41) is 9.86. The third-order valence-electron chi connectivity index (χ3n) is 6.14. The highest BCUT2D eigenvalue weighted by molar-refractivity contribution is 6.30. The van der Waals surface area contributed by atoms with Crippen molar-refractivity contribution < 1.29 is 19.4 Å². The smallest absolute Gasteiger partial charge is 0.347 e. The SMILES string of the molecule is CCCCCCCCCCN(CCc1ccc(OC(C)(C)C(=O)O)cc1)C(=O)c1ccc(Cl)cc1. The molecule has 1 N–H and O–H groups in total. The van der Waals surface area contributed by atoms with E-state index in [4.69, 9.17) is 16.3 Å². The first kappa shape index (κ1) is 28.7. The van der Waals surface area contributed by atoms with Gasteiger partial charge >= 0.3 is 5.97 Å². The molecule has 0 saturated carbocycles. The molecular weight excluding hydrogens is 462 g/mol. The summed E-state index contributed by atoms with van der Waals surface area (Å²) in [5.74, 6) is -0.485. The van der Waals surface area contributed by atoms with Crippen LogP contribution in [-0.2, 0) is 11.2 Å². The van der Waals surface area contributed by atoms with E-state index in [9.17, 15) is 14.7 Å². The maximum Gasteiger partial charge on any atom is 0.347 e. The normalized spacial score (nSPS) is 11.3. The molecule has 0 radical (unpaired) electrons. The van der Waals surface area contributed by atoms with Crippen LogP contribution in [0.3, 0.4) is 0 Å². The summed E-state index contributed by atoms with van der Waals surface area (Å²) in [7, 11) is 0. The Morgan fingerprint density at radius 3 is 2.00 bits per heavy atom. The summed E-state index contributed by atoms with van der Waals surface area (Å²) < 4.78 is 5.58. The molecule has 0 aliphatic rings. The first-order valence-corrected chi connectivity index (χ1v) is 13.2. The zero-order valence-corrected chi connectivity index (χ0v) is 22.2. The minimum atomic E-state index is -1.29. The van der Waals surface area contributed by atoms with E-state index in [1.165, 1.54) is 52.4 Å². The molecule has 5 nitrogen and oxygen atoms in total. The Morgan fingerprint density at radius 1 is 0.857 bits per heavy atom. The third-order valence-corrected chi connectivity index (χ3v) is 6.39. The van der Waals surface area contributed by atoms with E-state index in [-0.39, 0.29) is 5.91 Å². The Morgan fingerprint density at radius 2 is 1.43 bits per heavy atom. The predicted molar refractivity (Wildman–Crippen MR) is 142 cm³/mol. The van der Waals surface area contributed by atoms with Crippen molar-refractivity contribution in [2.75, 3.05) is 13.1 Å². The number of nitrogens with zero attached hydrogens (tertiary/aromatic N) is 1. The summed E-state index contributed by atoms with van der Waals surface area (Å²) in [6.45, 7) is 6.61. The van der Waals surface area contributed by atoms with Gasteiger partial charge in [0.2, 0.25) is 0 Å². The largest absolute Gasteiger partial charge is 0.478 e. The molecule has 2 aromatic carbocycles. The Bertz CT molecular complexity index is 909. The van der Waals surface area contributed by atoms with Gasteiger partial charge in [-0.2, -0.15) is 0 Å². The number of rotatable bonds is 16. The molecule has 6 heteroatoms.